The molecule has 0 N–H and O–H groups in total. The van der Waals surface area contributed by atoms with Crippen LogP contribution in [0.15, 0.2) is 48.5 Å². The van der Waals surface area contributed by atoms with Gasteiger partial charge in [-0.15, -0.1) is 0 Å². The minimum Gasteiger partial charge on any atom is -0.493 e. The Kier molecular flexibility index (Phi) is 6.73. The Labute approximate surface area is 155 Å². The fraction of sp³-hybridized carbons (Fsp3) is 0.273. The summed E-state index contributed by atoms with van der Waals surface area (Å²) in [7, 11) is 3.40. The molecule has 4 heteroatoms. The molecule has 0 heterocycles. The Morgan fingerprint density at radius 2 is 1.69 bits per heavy atom. The first-order chi connectivity index (χ1) is 12.4. The summed E-state index contributed by atoms with van der Waals surface area (Å²) in [6, 6.07) is 12.6. The maximum absolute atomic E-state index is 12.4. The van der Waals surface area contributed by atoms with Crippen LogP contribution in [0.4, 0.5) is 0 Å². The van der Waals surface area contributed by atoms with E-state index in [-0.39, 0.29) is 11.7 Å². The predicted octanol–water partition coefficient (Wildman–Crippen LogP) is 4.38. The highest BCUT2D eigenvalue weighted by molar-refractivity contribution is 6.07. The van der Waals surface area contributed by atoms with Crippen molar-refractivity contribution in [2.75, 3.05) is 20.7 Å². The molecular formula is C22H25NO3. The summed E-state index contributed by atoms with van der Waals surface area (Å²) < 4.78 is 5.74. The molecule has 0 aliphatic heterocycles. The van der Waals surface area contributed by atoms with Crippen molar-refractivity contribution in [2.24, 2.45) is 0 Å². The molecule has 4 nitrogen and oxygen atoms in total. The van der Waals surface area contributed by atoms with E-state index in [2.05, 4.69) is 6.92 Å². The molecule has 0 radical (unpaired) electrons. The lowest BCUT2D eigenvalue weighted by Gasteiger charge is -2.10. The SMILES string of the molecule is CCCOc1ccc(C)cc1/C=C/C(=O)c1ccc(C(=O)N(C)C)cc1. The second-order valence-electron chi connectivity index (χ2n) is 6.36. The highest BCUT2D eigenvalue weighted by Gasteiger charge is 2.09. The number of hydrogen-bond donors (Lipinski definition) is 0. The van der Waals surface area contributed by atoms with Crippen molar-refractivity contribution in [2.45, 2.75) is 20.3 Å². The average Bonchev–Trinajstić information content (AvgIpc) is 2.64. The number of ether oxygens (including phenoxy) is 1. The summed E-state index contributed by atoms with van der Waals surface area (Å²) in [5, 5.41) is 0. The third-order valence-electron chi connectivity index (χ3n) is 3.86. The van der Waals surface area contributed by atoms with Gasteiger partial charge in [0, 0.05) is 30.8 Å². The Morgan fingerprint density at radius 1 is 1.04 bits per heavy atom. The first-order valence-electron chi connectivity index (χ1n) is 8.70. The molecule has 2 rings (SSSR count). The lowest BCUT2D eigenvalue weighted by atomic mass is 10.1. The lowest BCUT2D eigenvalue weighted by Crippen LogP contribution is -2.21. The van der Waals surface area contributed by atoms with Crippen LogP contribution in [0.1, 0.15) is 45.2 Å². The normalized spacial score (nSPS) is 10.8. The van der Waals surface area contributed by atoms with Crippen molar-refractivity contribution in [3.05, 3.63) is 70.8 Å². The molecule has 0 unspecified atom stereocenters. The summed E-state index contributed by atoms with van der Waals surface area (Å²) in [5.74, 6) is 0.572. The maximum Gasteiger partial charge on any atom is 0.253 e. The largest absolute Gasteiger partial charge is 0.493 e. The molecule has 2 aromatic carbocycles. The molecule has 26 heavy (non-hydrogen) atoms. The van der Waals surface area contributed by atoms with Gasteiger partial charge in [-0.1, -0.05) is 30.7 Å². The molecule has 0 bridgehead atoms. The average molecular weight is 351 g/mol. The number of nitrogens with zero attached hydrogens (tertiary/aromatic N) is 1. The molecule has 0 fully saturated rings. The Bertz CT molecular complexity index is 805. The van der Waals surface area contributed by atoms with Crippen LogP contribution in [0.2, 0.25) is 0 Å². The summed E-state index contributed by atoms with van der Waals surface area (Å²) in [5.41, 5.74) is 3.09. The van der Waals surface area contributed by atoms with Gasteiger partial charge in [-0.3, -0.25) is 9.59 Å². The van der Waals surface area contributed by atoms with Gasteiger partial charge in [0.15, 0.2) is 5.78 Å². The van der Waals surface area contributed by atoms with Gasteiger partial charge in [0.05, 0.1) is 6.61 Å². The standard InChI is InChI=1S/C22H25NO3/c1-5-14-26-21-13-6-16(2)15-19(21)11-12-20(24)17-7-9-18(10-8-17)22(25)23(3)4/h6-13,15H,5,14H2,1-4H3/b12-11+. The van der Waals surface area contributed by atoms with Crippen molar-refractivity contribution < 1.29 is 14.3 Å². The molecule has 0 spiro atoms. The summed E-state index contributed by atoms with van der Waals surface area (Å²) in [6.07, 6.45) is 4.24. The molecule has 0 saturated heterocycles. The van der Waals surface area contributed by atoms with Crippen LogP contribution >= 0.6 is 0 Å². The van der Waals surface area contributed by atoms with Crippen LogP contribution in [-0.4, -0.2) is 37.3 Å². The van der Waals surface area contributed by atoms with E-state index in [1.165, 1.54) is 11.0 Å². The second-order valence-corrected chi connectivity index (χ2v) is 6.36. The zero-order valence-electron chi connectivity index (χ0n) is 15.8. The van der Waals surface area contributed by atoms with Crippen LogP contribution in [-0.2, 0) is 0 Å². The molecule has 0 saturated carbocycles. The van der Waals surface area contributed by atoms with Gasteiger partial charge in [-0.05, 0) is 49.8 Å². The summed E-state index contributed by atoms with van der Waals surface area (Å²) in [4.78, 5) is 25.8. The molecule has 2 aromatic rings. The van der Waals surface area contributed by atoms with E-state index < -0.39 is 0 Å². The highest BCUT2D eigenvalue weighted by atomic mass is 16.5. The van der Waals surface area contributed by atoms with Crippen LogP contribution < -0.4 is 4.74 Å². The van der Waals surface area contributed by atoms with Crippen molar-refractivity contribution in [1.82, 2.24) is 4.90 Å². The minimum absolute atomic E-state index is 0.0861. The summed E-state index contributed by atoms with van der Waals surface area (Å²) >= 11 is 0. The number of allylic oxidation sites excluding steroid dienone is 1. The number of amides is 1. The maximum atomic E-state index is 12.4. The number of aryl methyl sites for hydroxylation is 1. The second kappa shape index (κ2) is 8.99. The highest BCUT2D eigenvalue weighted by Crippen LogP contribution is 2.22. The minimum atomic E-state index is -0.114. The smallest absolute Gasteiger partial charge is 0.253 e. The predicted molar refractivity (Wildman–Crippen MR) is 105 cm³/mol. The van der Waals surface area contributed by atoms with E-state index in [0.29, 0.717) is 17.7 Å². The molecule has 0 aliphatic rings. The lowest BCUT2D eigenvalue weighted by molar-refractivity contribution is 0.0827. The zero-order chi connectivity index (χ0) is 19.1. The molecule has 0 atom stereocenters. The van der Waals surface area contributed by atoms with Crippen molar-refractivity contribution >= 4 is 17.8 Å². The first-order valence-corrected chi connectivity index (χ1v) is 8.70. The summed E-state index contributed by atoms with van der Waals surface area (Å²) in [6.45, 7) is 4.69. The van der Waals surface area contributed by atoms with Gasteiger partial charge in [-0.2, -0.15) is 0 Å². The Balaban J connectivity index is 2.16. The topological polar surface area (TPSA) is 46.6 Å². The Hall–Kier alpha value is -2.88. The third-order valence-corrected chi connectivity index (χ3v) is 3.86. The molecule has 0 aliphatic carbocycles. The third kappa shape index (κ3) is 5.06. The molecule has 1 amide bonds. The van der Waals surface area contributed by atoms with E-state index in [9.17, 15) is 9.59 Å². The van der Waals surface area contributed by atoms with Gasteiger partial charge in [-0.25, -0.2) is 0 Å². The number of hydrogen-bond acceptors (Lipinski definition) is 3. The van der Waals surface area contributed by atoms with Crippen molar-refractivity contribution in [1.29, 1.82) is 0 Å². The quantitative estimate of drug-likeness (QED) is 0.549. The number of carbonyl (C=O) groups excluding carboxylic acids is 2. The zero-order valence-corrected chi connectivity index (χ0v) is 15.8. The van der Waals surface area contributed by atoms with E-state index in [4.69, 9.17) is 4.74 Å². The van der Waals surface area contributed by atoms with Crippen LogP contribution in [0.5, 0.6) is 5.75 Å². The van der Waals surface area contributed by atoms with Crippen LogP contribution in [0.25, 0.3) is 6.08 Å². The molecular weight excluding hydrogens is 326 g/mol. The van der Waals surface area contributed by atoms with Crippen molar-refractivity contribution in [3.8, 4) is 5.75 Å². The van der Waals surface area contributed by atoms with E-state index >= 15 is 0 Å². The van der Waals surface area contributed by atoms with Gasteiger partial charge in [0.25, 0.3) is 5.91 Å². The van der Waals surface area contributed by atoms with Crippen molar-refractivity contribution in [3.63, 3.8) is 0 Å². The van der Waals surface area contributed by atoms with Crippen LogP contribution in [0.3, 0.4) is 0 Å². The Morgan fingerprint density at radius 3 is 2.31 bits per heavy atom. The van der Waals surface area contributed by atoms with Gasteiger partial charge in [0.2, 0.25) is 0 Å². The van der Waals surface area contributed by atoms with Gasteiger partial charge >= 0.3 is 0 Å². The van der Waals surface area contributed by atoms with Crippen LogP contribution in [0, 0.1) is 6.92 Å². The van der Waals surface area contributed by atoms with Gasteiger partial charge < -0.3 is 9.64 Å². The monoisotopic (exact) mass is 351 g/mol. The number of benzene rings is 2. The number of rotatable bonds is 7. The number of carbonyl (C=O) groups is 2. The molecule has 0 aromatic heterocycles. The van der Waals surface area contributed by atoms with E-state index in [0.717, 1.165) is 23.3 Å². The van der Waals surface area contributed by atoms with E-state index in [1.807, 2.05) is 25.1 Å². The van der Waals surface area contributed by atoms with E-state index in [1.54, 1.807) is 44.4 Å². The number of ketones is 1. The fourth-order valence-corrected chi connectivity index (χ4v) is 2.44. The fourth-order valence-electron chi connectivity index (χ4n) is 2.44. The first kappa shape index (κ1) is 19.4. The molecule has 136 valence electrons. The van der Waals surface area contributed by atoms with Gasteiger partial charge in [0.1, 0.15) is 5.75 Å².